The fraction of sp³-hybridized carbons (Fsp3) is 0.385. The monoisotopic (exact) mass is 327 g/mol. The van der Waals surface area contributed by atoms with Crippen LogP contribution in [0, 0.1) is 6.92 Å². The number of hydrogen-bond donors (Lipinski definition) is 3. The summed E-state index contributed by atoms with van der Waals surface area (Å²) in [5, 5.41) is 14.4. The van der Waals surface area contributed by atoms with Gasteiger partial charge in [0.1, 0.15) is 5.84 Å². The molecule has 0 saturated heterocycles. The lowest BCUT2D eigenvalue weighted by Gasteiger charge is -2.17. The van der Waals surface area contributed by atoms with Crippen LogP contribution in [0.4, 0.5) is 0 Å². The van der Waals surface area contributed by atoms with E-state index in [9.17, 15) is 4.79 Å². The van der Waals surface area contributed by atoms with E-state index in [1.165, 1.54) is 0 Å². The van der Waals surface area contributed by atoms with Crippen LogP contribution in [0.1, 0.15) is 35.7 Å². The van der Waals surface area contributed by atoms with Crippen LogP contribution in [0.5, 0.6) is 0 Å². The topological polar surface area (TPSA) is 87.7 Å². The van der Waals surface area contributed by atoms with Crippen molar-refractivity contribution in [1.29, 1.82) is 0 Å². The van der Waals surface area contributed by atoms with Gasteiger partial charge in [-0.15, -0.1) is 0 Å². The van der Waals surface area contributed by atoms with Gasteiger partial charge in [0.15, 0.2) is 0 Å². The van der Waals surface area contributed by atoms with Gasteiger partial charge in [-0.25, -0.2) is 0 Å². The van der Waals surface area contributed by atoms with Crippen molar-refractivity contribution in [3.05, 3.63) is 33.8 Å². The molecule has 6 heteroatoms. The zero-order valence-corrected chi connectivity index (χ0v) is 12.6. The molecule has 0 radical (unpaired) electrons. The average Bonchev–Trinajstić information content (AvgIpc) is 2.40. The van der Waals surface area contributed by atoms with Crippen molar-refractivity contribution < 1.29 is 10.0 Å². The van der Waals surface area contributed by atoms with E-state index in [1.807, 2.05) is 26.0 Å². The normalized spacial score (nSPS) is 13.1. The molecule has 1 rings (SSSR count). The van der Waals surface area contributed by atoms with Crippen molar-refractivity contribution in [1.82, 2.24) is 5.32 Å². The molecule has 104 valence electrons. The molecule has 0 aliphatic carbocycles. The highest BCUT2D eigenvalue weighted by Gasteiger charge is 2.16. The molecule has 1 amide bonds. The van der Waals surface area contributed by atoms with E-state index in [-0.39, 0.29) is 17.8 Å². The molecular weight excluding hydrogens is 310 g/mol. The highest BCUT2D eigenvalue weighted by Crippen LogP contribution is 2.21. The van der Waals surface area contributed by atoms with Gasteiger partial charge in [-0.1, -0.05) is 24.2 Å². The van der Waals surface area contributed by atoms with Crippen molar-refractivity contribution in [2.45, 2.75) is 32.7 Å². The van der Waals surface area contributed by atoms with Gasteiger partial charge >= 0.3 is 0 Å². The molecule has 5 nitrogen and oxygen atoms in total. The molecule has 4 N–H and O–H groups in total. The Bertz CT molecular complexity index is 489. The number of benzene rings is 1. The first-order chi connectivity index (χ1) is 8.99. The highest BCUT2D eigenvalue weighted by atomic mass is 79.9. The molecule has 0 bridgehead atoms. The third kappa shape index (κ3) is 4.24. The second kappa shape index (κ2) is 7.13. The van der Waals surface area contributed by atoms with E-state index in [0.29, 0.717) is 18.4 Å². The van der Waals surface area contributed by atoms with Gasteiger partial charge in [0.05, 0.1) is 5.56 Å². The average molecular weight is 328 g/mol. The zero-order chi connectivity index (χ0) is 14.4. The molecule has 1 atom stereocenters. The smallest absolute Gasteiger partial charge is 0.252 e. The van der Waals surface area contributed by atoms with Crippen LogP contribution in [0.2, 0.25) is 0 Å². The number of rotatable bonds is 5. The SMILES string of the molecule is CCC(C/C(N)=N/O)NC(=O)c1cccc(C)c1Br. The molecule has 0 spiro atoms. The van der Waals surface area contributed by atoms with Crippen LogP contribution >= 0.6 is 15.9 Å². The summed E-state index contributed by atoms with van der Waals surface area (Å²) in [6, 6.07) is 5.35. The third-order valence-corrected chi connectivity index (χ3v) is 3.90. The summed E-state index contributed by atoms with van der Waals surface area (Å²) < 4.78 is 0.783. The number of amides is 1. The predicted molar refractivity (Wildman–Crippen MR) is 78.5 cm³/mol. The first-order valence-electron chi connectivity index (χ1n) is 6.02. The maximum Gasteiger partial charge on any atom is 0.252 e. The van der Waals surface area contributed by atoms with E-state index >= 15 is 0 Å². The maximum absolute atomic E-state index is 12.2. The number of halogens is 1. The first-order valence-corrected chi connectivity index (χ1v) is 6.81. The number of nitrogens with two attached hydrogens (primary N) is 1. The van der Waals surface area contributed by atoms with Crippen molar-refractivity contribution in [3.8, 4) is 0 Å². The van der Waals surface area contributed by atoms with E-state index in [1.54, 1.807) is 6.07 Å². The van der Waals surface area contributed by atoms with Crippen LogP contribution in [-0.4, -0.2) is 23.0 Å². The Labute approximate surface area is 121 Å². The Morgan fingerprint density at radius 3 is 2.84 bits per heavy atom. The molecule has 0 heterocycles. The number of carbonyl (C=O) groups is 1. The van der Waals surface area contributed by atoms with Crippen LogP contribution in [0.25, 0.3) is 0 Å². The van der Waals surface area contributed by atoms with E-state index in [4.69, 9.17) is 10.9 Å². The lowest BCUT2D eigenvalue weighted by Crippen LogP contribution is -2.37. The quantitative estimate of drug-likeness (QED) is 0.336. The fourth-order valence-electron chi connectivity index (χ4n) is 1.68. The van der Waals surface area contributed by atoms with Crippen molar-refractivity contribution >= 4 is 27.7 Å². The Kier molecular flexibility index (Phi) is 5.82. The molecule has 0 saturated carbocycles. The summed E-state index contributed by atoms with van der Waals surface area (Å²) >= 11 is 3.41. The lowest BCUT2D eigenvalue weighted by atomic mass is 10.1. The van der Waals surface area contributed by atoms with Crippen LogP contribution < -0.4 is 11.1 Å². The number of hydrogen-bond acceptors (Lipinski definition) is 3. The molecule has 1 aromatic carbocycles. The maximum atomic E-state index is 12.2. The first kappa shape index (κ1) is 15.5. The number of nitrogens with one attached hydrogen (secondary N) is 1. The minimum Gasteiger partial charge on any atom is -0.409 e. The van der Waals surface area contributed by atoms with E-state index < -0.39 is 0 Å². The molecule has 0 fully saturated rings. The Morgan fingerprint density at radius 1 is 1.58 bits per heavy atom. The van der Waals surface area contributed by atoms with Gasteiger partial charge in [0, 0.05) is 16.9 Å². The van der Waals surface area contributed by atoms with Crippen LogP contribution in [0.3, 0.4) is 0 Å². The lowest BCUT2D eigenvalue weighted by molar-refractivity contribution is 0.0936. The van der Waals surface area contributed by atoms with Gasteiger partial charge in [0.2, 0.25) is 0 Å². The summed E-state index contributed by atoms with van der Waals surface area (Å²) in [5.41, 5.74) is 7.04. The van der Waals surface area contributed by atoms with Crippen molar-refractivity contribution in [2.75, 3.05) is 0 Å². The molecule has 0 aromatic heterocycles. The second-order valence-electron chi connectivity index (χ2n) is 4.31. The van der Waals surface area contributed by atoms with Gasteiger partial charge in [-0.3, -0.25) is 4.79 Å². The van der Waals surface area contributed by atoms with Crippen molar-refractivity contribution in [3.63, 3.8) is 0 Å². The molecular formula is C13H18BrN3O2. The van der Waals surface area contributed by atoms with Crippen LogP contribution in [0.15, 0.2) is 27.8 Å². The second-order valence-corrected chi connectivity index (χ2v) is 5.10. The summed E-state index contributed by atoms with van der Waals surface area (Å²) in [4.78, 5) is 12.2. The van der Waals surface area contributed by atoms with Crippen LogP contribution in [-0.2, 0) is 0 Å². The minimum atomic E-state index is -0.173. The Balaban J connectivity index is 2.80. The summed E-state index contributed by atoms with van der Waals surface area (Å²) in [6.07, 6.45) is 1.02. The highest BCUT2D eigenvalue weighted by molar-refractivity contribution is 9.10. The summed E-state index contributed by atoms with van der Waals surface area (Å²) in [6.45, 7) is 3.86. The van der Waals surface area contributed by atoms with E-state index in [0.717, 1.165) is 10.0 Å². The van der Waals surface area contributed by atoms with Gasteiger partial charge in [0.25, 0.3) is 5.91 Å². The molecule has 1 unspecified atom stereocenters. The predicted octanol–water partition coefficient (Wildman–Crippen LogP) is 2.40. The number of oxime groups is 1. The Hall–Kier alpha value is -1.56. The van der Waals surface area contributed by atoms with Gasteiger partial charge in [-0.2, -0.15) is 0 Å². The number of carbonyl (C=O) groups excluding carboxylic acids is 1. The Morgan fingerprint density at radius 2 is 2.26 bits per heavy atom. The molecule has 0 aliphatic heterocycles. The number of amidine groups is 1. The van der Waals surface area contributed by atoms with Gasteiger partial charge < -0.3 is 16.3 Å². The zero-order valence-electron chi connectivity index (χ0n) is 11.0. The molecule has 0 aliphatic rings. The number of aryl methyl sites for hydroxylation is 1. The van der Waals surface area contributed by atoms with Gasteiger partial charge in [-0.05, 0) is 40.9 Å². The molecule has 1 aromatic rings. The van der Waals surface area contributed by atoms with Crippen molar-refractivity contribution in [2.24, 2.45) is 10.9 Å². The minimum absolute atomic E-state index is 0.107. The summed E-state index contributed by atoms with van der Waals surface area (Å²) in [7, 11) is 0. The fourth-order valence-corrected chi connectivity index (χ4v) is 2.12. The standard InChI is InChI=1S/C13H18BrN3O2/c1-3-9(7-11(15)17-19)16-13(18)10-6-4-5-8(2)12(10)14/h4-6,9,19H,3,7H2,1-2H3,(H2,15,17)(H,16,18). The summed E-state index contributed by atoms with van der Waals surface area (Å²) in [5.74, 6) is -0.0661. The largest absolute Gasteiger partial charge is 0.409 e. The molecule has 19 heavy (non-hydrogen) atoms. The van der Waals surface area contributed by atoms with E-state index in [2.05, 4.69) is 26.4 Å². The number of nitrogens with zero attached hydrogens (tertiary/aromatic N) is 1. The third-order valence-electron chi connectivity index (χ3n) is 2.85.